The van der Waals surface area contributed by atoms with Gasteiger partial charge >= 0.3 is 0 Å². The van der Waals surface area contributed by atoms with Gasteiger partial charge in [-0.15, -0.1) is 0 Å². The Morgan fingerprint density at radius 1 is 1.41 bits per heavy atom. The van der Waals surface area contributed by atoms with Crippen LogP contribution < -0.4 is 4.72 Å². The summed E-state index contributed by atoms with van der Waals surface area (Å²) in [6.07, 6.45) is 1.65. The molecule has 0 saturated heterocycles. The third-order valence-electron chi connectivity index (χ3n) is 2.57. The van der Waals surface area contributed by atoms with Crippen LogP contribution in [-0.4, -0.2) is 19.4 Å². The van der Waals surface area contributed by atoms with E-state index in [9.17, 15) is 18.5 Å². The van der Waals surface area contributed by atoms with E-state index in [4.69, 9.17) is 0 Å². The Bertz CT molecular complexity index is 564. The zero-order chi connectivity index (χ0) is 12.6. The van der Waals surface area contributed by atoms with Crippen LogP contribution in [0.4, 0.5) is 5.69 Å². The molecule has 1 aromatic rings. The molecule has 0 unspecified atom stereocenters. The number of nitrogens with zero attached hydrogens (tertiary/aromatic N) is 1. The van der Waals surface area contributed by atoms with Crippen molar-refractivity contribution in [3.05, 3.63) is 33.9 Å². The molecule has 0 amide bonds. The van der Waals surface area contributed by atoms with Crippen LogP contribution in [0.15, 0.2) is 23.1 Å². The number of nitro benzene ring substituents is 1. The van der Waals surface area contributed by atoms with E-state index >= 15 is 0 Å². The highest BCUT2D eigenvalue weighted by Crippen LogP contribution is 2.25. The van der Waals surface area contributed by atoms with Crippen LogP contribution in [0.2, 0.25) is 0 Å². The lowest BCUT2D eigenvalue weighted by molar-refractivity contribution is -0.385. The molecule has 0 aromatic heterocycles. The summed E-state index contributed by atoms with van der Waals surface area (Å²) in [5.74, 6) is 0. The van der Waals surface area contributed by atoms with Crippen molar-refractivity contribution in [2.45, 2.75) is 30.7 Å². The Morgan fingerprint density at radius 2 is 2.06 bits per heavy atom. The van der Waals surface area contributed by atoms with Crippen LogP contribution in [0.3, 0.4) is 0 Å². The highest BCUT2D eigenvalue weighted by atomic mass is 32.2. The predicted octanol–water partition coefficient (Wildman–Crippen LogP) is 1.34. The van der Waals surface area contributed by atoms with E-state index in [0.717, 1.165) is 18.9 Å². The van der Waals surface area contributed by atoms with Crippen molar-refractivity contribution in [2.75, 3.05) is 0 Å². The van der Waals surface area contributed by atoms with Crippen LogP contribution in [0.1, 0.15) is 18.4 Å². The number of benzene rings is 1. The van der Waals surface area contributed by atoms with Crippen molar-refractivity contribution in [3.63, 3.8) is 0 Å². The van der Waals surface area contributed by atoms with Crippen LogP contribution in [0, 0.1) is 17.0 Å². The summed E-state index contributed by atoms with van der Waals surface area (Å²) in [4.78, 5) is 10.00. The Labute approximate surface area is 98.8 Å². The van der Waals surface area contributed by atoms with E-state index in [2.05, 4.69) is 4.72 Å². The number of non-ortho nitro benzene ring substituents is 1. The molecular formula is C10H12N2O4S. The van der Waals surface area contributed by atoms with Gasteiger partial charge in [-0.05, 0) is 25.3 Å². The van der Waals surface area contributed by atoms with Gasteiger partial charge in [0.2, 0.25) is 10.0 Å². The molecule has 6 nitrogen and oxygen atoms in total. The number of hydrogen-bond acceptors (Lipinski definition) is 4. The highest BCUT2D eigenvalue weighted by Gasteiger charge is 2.29. The van der Waals surface area contributed by atoms with Gasteiger partial charge in [-0.2, -0.15) is 0 Å². The molecule has 1 fully saturated rings. The third kappa shape index (κ3) is 2.62. The molecule has 1 saturated carbocycles. The molecule has 1 aromatic carbocycles. The van der Waals surface area contributed by atoms with Crippen molar-refractivity contribution in [3.8, 4) is 0 Å². The smallest absolute Gasteiger partial charge is 0.258 e. The monoisotopic (exact) mass is 256 g/mol. The molecule has 17 heavy (non-hydrogen) atoms. The second-order valence-electron chi connectivity index (χ2n) is 4.10. The average Bonchev–Trinajstić information content (AvgIpc) is 3.00. The van der Waals surface area contributed by atoms with Gasteiger partial charge in [0.25, 0.3) is 5.69 Å². The molecule has 1 aliphatic rings. The zero-order valence-electron chi connectivity index (χ0n) is 9.21. The molecule has 1 N–H and O–H groups in total. The first kappa shape index (κ1) is 12.0. The first-order chi connectivity index (χ1) is 7.90. The lowest BCUT2D eigenvalue weighted by Crippen LogP contribution is -2.26. The van der Waals surface area contributed by atoms with Crippen molar-refractivity contribution >= 4 is 15.7 Å². The molecule has 0 spiro atoms. The fraction of sp³-hybridized carbons (Fsp3) is 0.400. The summed E-state index contributed by atoms with van der Waals surface area (Å²) in [5.41, 5.74) is 0.288. The van der Waals surface area contributed by atoms with Gasteiger partial charge in [-0.1, -0.05) is 6.07 Å². The first-order valence-corrected chi connectivity index (χ1v) is 6.66. The number of nitro groups is 1. The average molecular weight is 256 g/mol. The molecular weight excluding hydrogens is 244 g/mol. The van der Waals surface area contributed by atoms with Crippen molar-refractivity contribution in [2.24, 2.45) is 0 Å². The van der Waals surface area contributed by atoms with E-state index in [1.54, 1.807) is 6.92 Å². The van der Waals surface area contributed by atoms with Gasteiger partial charge in [-0.25, -0.2) is 13.1 Å². The fourth-order valence-electron chi connectivity index (χ4n) is 1.48. The van der Waals surface area contributed by atoms with Gasteiger partial charge in [0.1, 0.15) is 0 Å². The predicted molar refractivity (Wildman–Crippen MR) is 61.2 cm³/mol. The van der Waals surface area contributed by atoms with Gasteiger partial charge in [0.15, 0.2) is 0 Å². The maximum Gasteiger partial charge on any atom is 0.270 e. The topological polar surface area (TPSA) is 89.3 Å². The minimum absolute atomic E-state index is 0.0151. The lowest BCUT2D eigenvalue weighted by Gasteiger charge is -2.07. The van der Waals surface area contributed by atoms with Crippen molar-refractivity contribution < 1.29 is 13.3 Å². The molecule has 2 rings (SSSR count). The molecule has 0 bridgehead atoms. The number of rotatable bonds is 4. The molecule has 0 radical (unpaired) electrons. The summed E-state index contributed by atoms with van der Waals surface area (Å²) in [7, 11) is -3.64. The molecule has 92 valence electrons. The quantitative estimate of drug-likeness (QED) is 0.650. The fourth-order valence-corrected chi connectivity index (χ4v) is 3.05. The summed E-state index contributed by atoms with van der Waals surface area (Å²) in [6.45, 7) is 1.62. The zero-order valence-corrected chi connectivity index (χ0v) is 10.0. The van der Waals surface area contributed by atoms with E-state index < -0.39 is 14.9 Å². The van der Waals surface area contributed by atoms with Crippen LogP contribution >= 0.6 is 0 Å². The van der Waals surface area contributed by atoms with E-state index in [1.165, 1.54) is 12.1 Å². The summed E-state index contributed by atoms with van der Waals surface area (Å²) < 4.78 is 26.4. The summed E-state index contributed by atoms with van der Waals surface area (Å²) in [5, 5.41) is 10.6. The highest BCUT2D eigenvalue weighted by molar-refractivity contribution is 7.89. The SMILES string of the molecule is Cc1ccc([N+](=O)[O-])cc1S(=O)(=O)NC1CC1. The maximum absolute atomic E-state index is 11.9. The Balaban J connectivity index is 2.42. The molecule has 0 aliphatic heterocycles. The second-order valence-corrected chi connectivity index (χ2v) is 5.78. The van der Waals surface area contributed by atoms with Gasteiger partial charge in [0.05, 0.1) is 9.82 Å². The van der Waals surface area contributed by atoms with E-state index in [-0.39, 0.29) is 16.6 Å². The van der Waals surface area contributed by atoms with Crippen molar-refractivity contribution in [1.82, 2.24) is 4.72 Å². The summed E-state index contributed by atoms with van der Waals surface area (Å²) >= 11 is 0. The molecule has 0 atom stereocenters. The maximum atomic E-state index is 11.9. The number of hydrogen-bond donors (Lipinski definition) is 1. The summed E-state index contributed by atoms with van der Waals surface area (Å²) in [6, 6.07) is 3.82. The standard InChI is InChI=1S/C10H12N2O4S/c1-7-2-5-9(12(13)14)6-10(7)17(15,16)11-8-3-4-8/h2,5-6,8,11H,3-4H2,1H3. The second kappa shape index (κ2) is 4.08. The van der Waals surface area contributed by atoms with E-state index in [0.29, 0.717) is 5.56 Å². The van der Waals surface area contributed by atoms with Gasteiger partial charge < -0.3 is 0 Å². The Kier molecular flexibility index (Phi) is 2.88. The van der Waals surface area contributed by atoms with Crippen LogP contribution in [0.25, 0.3) is 0 Å². The number of nitrogens with one attached hydrogen (secondary N) is 1. The normalized spacial score (nSPS) is 15.8. The lowest BCUT2D eigenvalue weighted by atomic mass is 10.2. The molecule has 1 aliphatic carbocycles. The third-order valence-corrected chi connectivity index (χ3v) is 4.23. The van der Waals surface area contributed by atoms with Gasteiger partial charge in [-0.3, -0.25) is 10.1 Å². The minimum Gasteiger partial charge on any atom is -0.258 e. The van der Waals surface area contributed by atoms with Crippen molar-refractivity contribution in [1.29, 1.82) is 0 Å². The number of aryl methyl sites for hydroxylation is 1. The molecule has 0 heterocycles. The minimum atomic E-state index is -3.64. The van der Waals surface area contributed by atoms with Crippen LogP contribution in [0.5, 0.6) is 0 Å². The van der Waals surface area contributed by atoms with E-state index in [1.807, 2.05) is 0 Å². The molecule has 7 heteroatoms. The van der Waals surface area contributed by atoms with Gasteiger partial charge in [0, 0.05) is 18.2 Å². The Hall–Kier alpha value is -1.47. The van der Waals surface area contributed by atoms with Crippen LogP contribution in [-0.2, 0) is 10.0 Å². The number of sulfonamides is 1. The Morgan fingerprint density at radius 3 is 2.59 bits per heavy atom. The first-order valence-electron chi connectivity index (χ1n) is 5.17. The largest absolute Gasteiger partial charge is 0.270 e.